The summed E-state index contributed by atoms with van der Waals surface area (Å²) in [5.41, 5.74) is 1.59. The second-order valence-electron chi connectivity index (χ2n) is 6.22. The third kappa shape index (κ3) is 3.39. The van der Waals surface area contributed by atoms with Crippen LogP contribution in [0.25, 0.3) is 11.0 Å². The normalized spacial score (nSPS) is 14.5. The second kappa shape index (κ2) is 6.11. The summed E-state index contributed by atoms with van der Waals surface area (Å²) in [4.78, 5) is 29.0. The third-order valence-corrected chi connectivity index (χ3v) is 5.60. The molecule has 1 aromatic heterocycles. The molecule has 4 rings (SSSR count). The summed E-state index contributed by atoms with van der Waals surface area (Å²) in [6, 6.07) is 10.8. The highest BCUT2D eigenvalue weighted by Gasteiger charge is 2.28. The number of hydrogen-bond donors (Lipinski definition) is 4. The highest BCUT2D eigenvalue weighted by molar-refractivity contribution is 7.89. The zero-order chi connectivity index (χ0) is 18.3. The number of benzene rings is 2. The predicted octanol–water partition coefficient (Wildman–Crippen LogP) is 1.55. The molecule has 3 aromatic rings. The van der Waals surface area contributed by atoms with Crippen molar-refractivity contribution in [1.29, 1.82) is 0 Å². The molecule has 0 unspecified atom stereocenters. The number of H-pyrrole nitrogens is 2. The van der Waals surface area contributed by atoms with E-state index in [1.165, 1.54) is 18.2 Å². The first-order valence-electron chi connectivity index (χ1n) is 8.06. The number of sulfonamides is 1. The molecule has 1 aliphatic rings. The van der Waals surface area contributed by atoms with E-state index in [9.17, 15) is 18.0 Å². The molecule has 8 nitrogen and oxygen atoms in total. The van der Waals surface area contributed by atoms with Gasteiger partial charge in [-0.1, -0.05) is 6.07 Å². The Morgan fingerprint density at radius 3 is 2.58 bits per heavy atom. The van der Waals surface area contributed by atoms with Crippen LogP contribution in [-0.2, 0) is 10.0 Å². The SMILES string of the molecule is O=C(Nc1ccc2[nH]c(=O)[nH]c2c1)c1cccc(S(=O)(=O)NC2CC2)c1. The summed E-state index contributed by atoms with van der Waals surface area (Å²) in [5, 5.41) is 2.70. The van der Waals surface area contributed by atoms with Crippen LogP contribution in [0.2, 0.25) is 0 Å². The van der Waals surface area contributed by atoms with E-state index in [0.29, 0.717) is 16.7 Å². The summed E-state index contributed by atoms with van der Waals surface area (Å²) in [6.07, 6.45) is 1.67. The Morgan fingerprint density at radius 2 is 1.81 bits per heavy atom. The van der Waals surface area contributed by atoms with Crippen molar-refractivity contribution < 1.29 is 13.2 Å². The van der Waals surface area contributed by atoms with Gasteiger partial charge in [0.15, 0.2) is 0 Å². The molecule has 26 heavy (non-hydrogen) atoms. The fourth-order valence-corrected chi connectivity index (χ4v) is 3.96. The van der Waals surface area contributed by atoms with Crippen molar-refractivity contribution in [3.05, 3.63) is 58.5 Å². The maximum absolute atomic E-state index is 12.5. The van der Waals surface area contributed by atoms with Crippen LogP contribution in [0.5, 0.6) is 0 Å². The van der Waals surface area contributed by atoms with Gasteiger partial charge in [-0.3, -0.25) is 4.79 Å². The molecule has 1 aliphatic carbocycles. The van der Waals surface area contributed by atoms with E-state index in [0.717, 1.165) is 12.8 Å². The molecular formula is C17H16N4O4S. The van der Waals surface area contributed by atoms with Crippen molar-refractivity contribution >= 4 is 32.7 Å². The first kappa shape index (κ1) is 16.6. The zero-order valence-electron chi connectivity index (χ0n) is 13.6. The number of hydrogen-bond acceptors (Lipinski definition) is 4. The van der Waals surface area contributed by atoms with Crippen LogP contribution in [0, 0.1) is 0 Å². The molecule has 0 aliphatic heterocycles. The molecule has 1 saturated carbocycles. The Labute approximate surface area is 148 Å². The molecule has 0 radical (unpaired) electrons. The maximum Gasteiger partial charge on any atom is 0.323 e. The Balaban J connectivity index is 1.57. The van der Waals surface area contributed by atoms with Crippen LogP contribution in [0.15, 0.2) is 52.2 Å². The lowest BCUT2D eigenvalue weighted by atomic mass is 10.2. The number of aromatic nitrogens is 2. The van der Waals surface area contributed by atoms with Gasteiger partial charge in [-0.15, -0.1) is 0 Å². The number of carbonyl (C=O) groups excluding carboxylic acids is 1. The number of rotatable bonds is 5. The fraction of sp³-hybridized carbons (Fsp3) is 0.176. The summed E-state index contributed by atoms with van der Waals surface area (Å²) in [7, 11) is -3.63. The number of imidazole rings is 1. The Hall–Kier alpha value is -2.91. The fourth-order valence-electron chi connectivity index (χ4n) is 2.61. The van der Waals surface area contributed by atoms with Gasteiger partial charge in [-0.2, -0.15) is 0 Å². The molecule has 0 atom stereocenters. The quantitative estimate of drug-likeness (QED) is 0.542. The molecule has 134 valence electrons. The lowest BCUT2D eigenvalue weighted by molar-refractivity contribution is 0.102. The van der Waals surface area contributed by atoms with Crippen molar-refractivity contribution in [2.24, 2.45) is 0 Å². The van der Waals surface area contributed by atoms with Crippen molar-refractivity contribution in [1.82, 2.24) is 14.7 Å². The van der Waals surface area contributed by atoms with E-state index < -0.39 is 15.9 Å². The second-order valence-corrected chi connectivity index (χ2v) is 7.93. The molecule has 1 amide bonds. The minimum Gasteiger partial charge on any atom is -0.322 e. The van der Waals surface area contributed by atoms with Gasteiger partial charge in [-0.25, -0.2) is 17.9 Å². The van der Waals surface area contributed by atoms with E-state index in [1.807, 2.05) is 0 Å². The van der Waals surface area contributed by atoms with E-state index >= 15 is 0 Å². The van der Waals surface area contributed by atoms with E-state index in [1.54, 1.807) is 24.3 Å². The number of carbonyl (C=O) groups is 1. The molecule has 2 aromatic carbocycles. The Bertz CT molecular complexity index is 1160. The largest absolute Gasteiger partial charge is 0.323 e. The van der Waals surface area contributed by atoms with Gasteiger partial charge in [-0.05, 0) is 49.2 Å². The standard InChI is InChI=1S/C17H16N4O4S/c22-16(18-12-6-7-14-15(9-12)20-17(23)19-14)10-2-1-3-13(8-10)26(24,25)21-11-4-5-11/h1-3,6-9,11,21H,4-5H2,(H,18,22)(H2,19,20,23). The molecular weight excluding hydrogens is 356 g/mol. The first-order chi connectivity index (χ1) is 12.4. The molecule has 0 spiro atoms. The smallest absolute Gasteiger partial charge is 0.322 e. The number of amides is 1. The summed E-state index contributed by atoms with van der Waals surface area (Å²) < 4.78 is 27.2. The van der Waals surface area contributed by atoms with Gasteiger partial charge in [0.25, 0.3) is 5.91 Å². The number of aromatic amines is 2. The van der Waals surface area contributed by atoms with Gasteiger partial charge in [0.2, 0.25) is 10.0 Å². The van der Waals surface area contributed by atoms with E-state index in [4.69, 9.17) is 0 Å². The van der Waals surface area contributed by atoms with Gasteiger partial charge in [0, 0.05) is 17.3 Å². The summed E-state index contributed by atoms with van der Waals surface area (Å²) >= 11 is 0. The predicted molar refractivity (Wildman–Crippen MR) is 96.7 cm³/mol. The van der Waals surface area contributed by atoms with Crippen LogP contribution in [0.1, 0.15) is 23.2 Å². The van der Waals surface area contributed by atoms with E-state index in [2.05, 4.69) is 20.0 Å². The maximum atomic E-state index is 12.5. The highest BCUT2D eigenvalue weighted by Crippen LogP contribution is 2.23. The van der Waals surface area contributed by atoms with Gasteiger partial charge >= 0.3 is 5.69 Å². The monoisotopic (exact) mass is 372 g/mol. The van der Waals surface area contributed by atoms with Crippen LogP contribution >= 0.6 is 0 Å². The summed E-state index contributed by atoms with van der Waals surface area (Å²) in [5.74, 6) is -0.439. The van der Waals surface area contributed by atoms with E-state index in [-0.39, 0.29) is 22.2 Å². The molecule has 0 bridgehead atoms. The van der Waals surface area contributed by atoms with Crippen LogP contribution < -0.4 is 15.7 Å². The van der Waals surface area contributed by atoms with Gasteiger partial charge < -0.3 is 15.3 Å². The lowest BCUT2D eigenvalue weighted by Gasteiger charge is -2.08. The minimum absolute atomic E-state index is 0.00674. The number of nitrogens with one attached hydrogen (secondary N) is 4. The van der Waals surface area contributed by atoms with Gasteiger partial charge in [0.05, 0.1) is 15.9 Å². The average Bonchev–Trinajstić information content (AvgIpc) is 3.32. The van der Waals surface area contributed by atoms with Crippen molar-refractivity contribution in [2.75, 3.05) is 5.32 Å². The minimum atomic E-state index is -3.63. The van der Waals surface area contributed by atoms with Crippen molar-refractivity contribution in [2.45, 2.75) is 23.8 Å². The average molecular weight is 372 g/mol. The van der Waals surface area contributed by atoms with Crippen molar-refractivity contribution in [3.63, 3.8) is 0 Å². The Kier molecular flexibility index (Phi) is 3.89. The van der Waals surface area contributed by atoms with Crippen LogP contribution in [0.4, 0.5) is 5.69 Å². The van der Waals surface area contributed by atoms with Crippen LogP contribution in [-0.4, -0.2) is 30.3 Å². The number of anilines is 1. The molecule has 1 fully saturated rings. The Morgan fingerprint density at radius 1 is 1.04 bits per heavy atom. The summed E-state index contributed by atoms with van der Waals surface area (Å²) in [6.45, 7) is 0. The molecule has 4 N–H and O–H groups in total. The zero-order valence-corrected chi connectivity index (χ0v) is 14.4. The topological polar surface area (TPSA) is 124 Å². The van der Waals surface area contributed by atoms with Crippen LogP contribution in [0.3, 0.4) is 0 Å². The first-order valence-corrected chi connectivity index (χ1v) is 9.55. The molecule has 1 heterocycles. The molecule has 9 heteroatoms. The van der Waals surface area contributed by atoms with Crippen molar-refractivity contribution in [3.8, 4) is 0 Å². The third-order valence-electron chi connectivity index (χ3n) is 4.08. The lowest BCUT2D eigenvalue weighted by Crippen LogP contribution is -2.26. The highest BCUT2D eigenvalue weighted by atomic mass is 32.2. The molecule has 0 saturated heterocycles. The number of fused-ring (bicyclic) bond motifs is 1. The van der Waals surface area contributed by atoms with Gasteiger partial charge in [0.1, 0.15) is 0 Å².